The summed E-state index contributed by atoms with van der Waals surface area (Å²) in [5.74, 6) is 0.612. The lowest BCUT2D eigenvalue weighted by molar-refractivity contribution is 0.241. The Hall–Kier alpha value is -2.00. The van der Waals surface area contributed by atoms with E-state index in [0.717, 1.165) is 29.1 Å². The number of rotatable bonds is 4. The van der Waals surface area contributed by atoms with Crippen LogP contribution in [0.25, 0.3) is 0 Å². The number of sulfonamides is 1. The highest BCUT2D eigenvalue weighted by atomic mass is 35.5. The monoisotopic (exact) mass is 480 g/mol. The molecule has 2 heterocycles. The number of nitrogens with one attached hydrogen (secondary N) is 2. The summed E-state index contributed by atoms with van der Waals surface area (Å²) < 4.78 is 41.1. The topological polar surface area (TPSA) is 73.8 Å². The summed E-state index contributed by atoms with van der Waals surface area (Å²) in [6.45, 7) is 6.77. The summed E-state index contributed by atoms with van der Waals surface area (Å²) in [6.07, 6.45) is 1.29. The summed E-state index contributed by atoms with van der Waals surface area (Å²) in [5.41, 5.74) is 2.67. The lowest BCUT2D eigenvalue weighted by atomic mass is 9.85. The van der Waals surface area contributed by atoms with Gasteiger partial charge in [-0.2, -0.15) is 4.31 Å². The molecule has 4 rings (SSSR count). The number of halogens is 2. The fraction of sp³-hybridized carbons (Fsp3) is 0.435. The van der Waals surface area contributed by atoms with Gasteiger partial charge in [-0.15, -0.1) is 12.4 Å². The Morgan fingerprint density at radius 2 is 1.78 bits per heavy atom. The van der Waals surface area contributed by atoms with Gasteiger partial charge >= 0.3 is 0 Å². The van der Waals surface area contributed by atoms with E-state index in [1.165, 1.54) is 12.1 Å². The van der Waals surface area contributed by atoms with Gasteiger partial charge in [0, 0.05) is 26.2 Å². The highest BCUT2D eigenvalue weighted by Gasteiger charge is 2.43. The molecule has 2 aliphatic rings. The highest BCUT2D eigenvalue weighted by Crippen LogP contribution is 2.29. The van der Waals surface area contributed by atoms with Crippen LogP contribution in [0.2, 0.25) is 0 Å². The Balaban J connectivity index is 0.00000289. The molecule has 2 aromatic carbocycles. The van der Waals surface area contributed by atoms with E-state index >= 15 is 0 Å². The fourth-order valence-electron chi connectivity index (χ4n) is 4.26. The molecule has 9 heteroatoms. The highest BCUT2D eigenvalue weighted by molar-refractivity contribution is 7.89. The molecule has 6 nitrogen and oxygen atoms in total. The number of amidine groups is 1. The molecular formula is C23H30ClFN4O2S. The largest absolute Gasteiger partial charge is 0.368 e. The lowest BCUT2D eigenvalue weighted by Gasteiger charge is -2.44. The van der Waals surface area contributed by atoms with Gasteiger partial charge in [-0.1, -0.05) is 18.2 Å². The molecule has 0 bridgehead atoms. The van der Waals surface area contributed by atoms with Crippen LogP contribution in [0.15, 0.2) is 52.4 Å². The van der Waals surface area contributed by atoms with Crippen molar-refractivity contribution < 1.29 is 12.8 Å². The Morgan fingerprint density at radius 1 is 1.09 bits per heavy atom. The van der Waals surface area contributed by atoms with Gasteiger partial charge in [0.1, 0.15) is 11.7 Å². The summed E-state index contributed by atoms with van der Waals surface area (Å²) >= 11 is 0. The molecule has 2 aromatic rings. The van der Waals surface area contributed by atoms with Crippen molar-refractivity contribution in [2.24, 2.45) is 4.99 Å². The van der Waals surface area contributed by atoms with Crippen molar-refractivity contribution in [1.82, 2.24) is 14.9 Å². The second kappa shape index (κ2) is 9.87. The number of benzene rings is 2. The van der Waals surface area contributed by atoms with Crippen LogP contribution in [0.1, 0.15) is 29.5 Å². The molecule has 0 amide bonds. The standard InChI is InChI=1S/C23H29FN4O2S.ClH/c1-17-3-8-21(15-18(17)2)31(29,30)28-13-9-23(10-14-28)22(25-11-12-27-23)26-16-19-4-6-20(24)7-5-19;/h3-8,15,27H,9-14,16H2,1-2H3,(H,25,26);1H. The second-order valence-electron chi connectivity index (χ2n) is 8.37. The molecule has 0 unspecified atom stereocenters. The van der Waals surface area contributed by atoms with E-state index < -0.39 is 10.0 Å². The quantitative estimate of drug-likeness (QED) is 0.705. The Bertz CT molecular complexity index is 1080. The third-order valence-electron chi connectivity index (χ3n) is 6.36. The van der Waals surface area contributed by atoms with Gasteiger partial charge in [0.2, 0.25) is 10.0 Å². The molecule has 174 valence electrons. The minimum absolute atomic E-state index is 0. The van der Waals surface area contributed by atoms with E-state index in [0.29, 0.717) is 43.9 Å². The molecule has 1 fully saturated rings. The molecule has 1 spiro atoms. The van der Waals surface area contributed by atoms with Crippen LogP contribution in [0.4, 0.5) is 4.39 Å². The maximum Gasteiger partial charge on any atom is 0.243 e. The molecule has 0 radical (unpaired) electrons. The normalized spacial score (nSPS) is 18.7. The van der Waals surface area contributed by atoms with Gasteiger partial charge in [-0.25, -0.2) is 12.8 Å². The van der Waals surface area contributed by atoms with Crippen LogP contribution in [-0.4, -0.2) is 50.3 Å². The molecule has 32 heavy (non-hydrogen) atoms. The van der Waals surface area contributed by atoms with E-state index in [2.05, 4.69) is 10.6 Å². The lowest BCUT2D eigenvalue weighted by Crippen LogP contribution is -2.64. The predicted molar refractivity (Wildman–Crippen MR) is 127 cm³/mol. The van der Waals surface area contributed by atoms with Crippen LogP contribution >= 0.6 is 12.4 Å². The second-order valence-corrected chi connectivity index (χ2v) is 10.3. The first kappa shape index (κ1) is 24.6. The van der Waals surface area contributed by atoms with Gasteiger partial charge in [-0.05, 0) is 67.6 Å². The first-order valence-corrected chi connectivity index (χ1v) is 12.1. The van der Waals surface area contributed by atoms with Crippen LogP contribution in [-0.2, 0) is 16.6 Å². The van der Waals surface area contributed by atoms with Gasteiger partial charge in [0.25, 0.3) is 0 Å². The summed E-state index contributed by atoms with van der Waals surface area (Å²) in [5, 5.41) is 7.00. The Labute approximate surface area is 195 Å². The van der Waals surface area contributed by atoms with Crippen molar-refractivity contribution in [3.63, 3.8) is 0 Å². The van der Waals surface area contributed by atoms with Crippen LogP contribution in [0.3, 0.4) is 0 Å². The molecular weight excluding hydrogens is 451 g/mol. The van der Waals surface area contributed by atoms with Crippen molar-refractivity contribution in [3.8, 4) is 0 Å². The fourth-order valence-corrected chi connectivity index (χ4v) is 5.78. The van der Waals surface area contributed by atoms with Gasteiger partial charge in [-0.3, -0.25) is 4.99 Å². The molecule has 0 saturated carbocycles. The zero-order valence-corrected chi connectivity index (χ0v) is 20.0. The maximum atomic E-state index is 13.2. The van der Waals surface area contributed by atoms with Crippen molar-refractivity contribution >= 4 is 28.3 Å². The van der Waals surface area contributed by atoms with E-state index in [1.54, 1.807) is 28.6 Å². The van der Waals surface area contributed by atoms with Crippen LogP contribution in [0, 0.1) is 19.7 Å². The van der Waals surface area contributed by atoms with Crippen molar-refractivity contribution in [2.45, 2.75) is 43.7 Å². The number of nitrogens with zero attached hydrogens (tertiary/aromatic N) is 2. The van der Waals surface area contributed by atoms with E-state index in [-0.39, 0.29) is 23.8 Å². The smallest absolute Gasteiger partial charge is 0.243 e. The summed E-state index contributed by atoms with van der Waals surface area (Å²) in [6, 6.07) is 11.7. The van der Waals surface area contributed by atoms with E-state index in [1.807, 2.05) is 19.9 Å². The molecule has 0 atom stereocenters. The first-order chi connectivity index (χ1) is 14.8. The minimum atomic E-state index is -3.52. The van der Waals surface area contributed by atoms with Crippen molar-refractivity contribution in [1.29, 1.82) is 0 Å². The predicted octanol–water partition coefficient (Wildman–Crippen LogP) is 3.18. The van der Waals surface area contributed by atoms with Crippen LogP contribution < -0.4 is 10.6 Å². The van der Waals surface area contributed by atoms with E-state index in [4.69, 9.17) is 4.99 Å². The zero-order valence-electron chi connectivity index (χ0n) is 18.4. The third kappa shape index (κ3) is 4.98. The Morgan fingerprint density at radius 3 is 2.44 bits per heavy atom. The van der Waals surface area contributed by atoms with Gasteiger partial charge in [0.05, 0.1) is 17.0 Å². The number of hydrogen-bond donors (Lipinski definition) is 2. The zero-order chi connectivity index (χ0) is 22.1. The SMILES string of the molecule is Cc1ccc(S(=O)(=O)N2CCC3(CC2)NCCN=C3NCc2ccc(F)cc2)cc1C.Cl. The molecule has 0 aliphatic carbocycles. The van der Waals surface area contributed by atoms with Crippen molar-refractivity contribution in [2.75, 3.05) is 26.2 Å². The minimum Gasteiger partial charge on any atom is -0.368 e. The summed E-state index contributed by atoms with van der Waals surface area (Å²) in [7, 11) is -3.52. The summed E-state index contributed by atoms with van der Waals surface area (Å²) in [4.78, 5) is 5.06. The van der Waals surface area contributed by atoms with Gasteiger partial charge in [0.15, 0.2) is 0 Å². The number of aliphatic imine (C=N–C) groups is 1. The number of aryl methyl sites for hydroxylation is 2. The molecule has 0 aromatic heterocycles. The number of hydrogen-bond acceptors (Lipinski definition) is 5. The van der Waals surface area contributed by atoms with Crippen molar-refractivity contribution in [3.05, 3.63) is 65.0 Å². The Kier molecular flexibility index (Phi) is 7.60. The first-order valence-electron chi connectivity index (χ1n) is 10.7. The molecule has 2 aliphatic heterocycles. The molecule has 1 saturated heterocycles. The molecule has 2 N–H and O–H groups in total. The van der Waals surface area contributed by atoms with Gasteiger partial charge < -0.3 is 10.6 Å². The van der Waals surface area contributed by atoms with Crippen LogP contribution in [0.5, 0.6) is 0 Å². The number of piperidine rings is 1. The van der Waals surface area contributed by atoms with E-state index in [9.17, 15) is 12.8 Å². The average Bonchev–Trinajstić information content (AvgIpc) is 2.76. The average molecular weight is 481 g/mol. The third-order valence-corrected chi connectivity index (χ3v) is 8.26. The maximum absolute atomic E-state index is 13.2.